The fourth-order valence-electron chi connectivity index (χ4n) is 1.39. The highest BCUT2D eigenvalue weighted by atomic mass is 16.5. The van der Waals surface area contributed by atoms with Crippen molar-refractivity contribution in [2.45, 2.75) is 32.6 Å². The van der Waals surface area contributed by atoms with E-state index in [1.165, 1.54) is 18.9 Å². The minimum atomic E-state index is -0.279. The molecule has 0 aromatic carbocycles. The second-order valence-corrected chi connectivity index (χ2v) is 3.84. The fourth-order valence-corrected chi connectivity index (χ4v) is 1.39. The van der Waals surface area contributed by atoms with E-state index in [9.17, 15) is 4.79 Å². The van der Waals surface area contributed by atoms with Crippen molar-refractivity contribution in [3.05, 3.63) is 36.2 Å². The van der Waals surface area contributed by atoms with Crippen molar-refractivity contribution in [2.24, 2.45) is 0 Å². The monoisotopic (exact) mass is 233 g/mol. The van der Waals surface area contributed by atoms with Gasteiger partial charge in [0.1, 0.15) is 0 Å². The third kappa shape index (κ3) is 6.51. The summed E-state index contributed by atoms with van der Waals surface area (Å²) in [5.74, 6) is -0.279. The van der Waals surface area contributed by atoms with Crippen LogP contribution in [0.15, 0.2) is 30.6 Å². The Morgan fingerprint density at radius 3 is 2.76 bits per heavy atom. The molecular formula is C14H19NO2. The fraction of sp³-hybridized carbons (Fsp3) is 0.429. The van der Waals surface area contributed by atoms with Crippen LogP contribution in [-0.2, 0) is 9.53 Å². The molecule has 0 saturated heterocycles. The van der Waals surface area contributed by atoms with E-state index in [2.05, 4.69) is 11.9 Å². The first-order chi connectivity index (χ1) is 8.33. The Morgan fingerprint density at radius 1 is 1.29 bits per heavy atom. The highest BCUT2D eigenvalue weighted by Crippen LogP contribution is 2.01. The van der Waals surface area contributed by atoms with E-state index in [-0.39, 0.29) is 5.97 Å². The van der Waals surface area contributed by atoms with E-state index in [4.69, 9.17) is 4.74 Å². The van der Waals surface area contributed by atoms with Gasteiger partial charge in [-0.25, -0.2) is 4.79 Å². The Bertz CT molecular complexity index is 346. The van der Waals surface area contributed by atoms with Gasteiger partial charge in [0.05, 0.1) is 6.61 Å². The lowest BCUT2D eigenvalue weighted by molar-refractivity contribution is -0.137. The number of ether oxygens (including phenoxy) is 1. The summed E-state index contributed by atoms with van der Waals surface area (Å²) in [6.45, 7) is 2.67. The van der Waals surface area contributed by atoms with Gasteiger partial charge in [0.15, 0.2) is 0 Å². The third-order valence-corrected chi connectivity index (χ3v) is 2.36. The third-order valence-electron chi connectivity index (χ3n) is 2.36. The van der Waals surface area contributed by atoms with E-state index in [0.717, 1.165) is 18.4 Å². The summed E-state index contributed by atoms with van der Waals surface area (Å²) in [5, 5.41) is 0. The first-order valence-corrected chi connectivity index (χ1v) is 6.08. The van der Waals surface area contributed by atoms with Crippen molar-refractivity contribution >= 4 is 12.0 Å². The SMILES string of the molecule is CCCCCCOC(=O)/C=C/c1ccncc1. The molecule has 1 rings (SSSR count). The van der Waals surface area contributed by atoms with Gasteiger partial charge in [-0.1, -0.05) is 26.2 Å². The zero-order valence-corrected chi connectivity index (χ0v) is 10.3. The molecule has 0 spiro atoms. The molecule has 0 N–H and O–H groups in total. The molecular weight excluding hydrogens is 214 g/mol. The van der Waals surface area contributed by atoms with Gasteiger partial charge in [0.25, 0.3) is 0 Å². The standard InChI is InChI=1S/C14H19NO2/c1-2-3-4-5-12-17-14(16)7-6-13-8-10-15-11-9-13/h6-11H,2-5,12H2,1H3/b7-6+. The van der Waals surface area contributed by atoms with Crippen molar-refractivity contribution in [2.75, 3.05) is 6.61 Å². The normalized spacial score (nSPS) is 10.6. The minimum Gasteiger partial charge on any atom is -0.463 e. The van der Waals surface area contributed by atoms with Crippen LogP contribution in [0.4, 0.5) is 0 Å². The molecule has 17 heavy (non-hydrogen) atoms. The van der Waals surface area contributed by atoms with E-state index in [1.54, 1.807) is 18.5 Å². The Kier molecular flexibility index (Phi) is 6.72. The summed E-state index contributed by atoms with van der Waals surface area (Å²) in [4.78, 5) is 15.2. The molecule has 0 aliphatic heterocycles. The smallest absolute Gasteiger partial charge is 0.330 e. The Labute approximate surface area is 103 Å². The Hall–Kier alpha value is -1.64. The molecule has 0 unspecified atom stereocenters. The van der Waals surface area contributed by atoms with E-state index in [1.807, 2.05) is 12.1 Å². The van der Waals surface area contributed by atoms with Crippen LogP contribution < -0.4 is 0 Å². The van der Waals surface area contributed by atoms with Crippen LogP contribution in [0.1, 0.15) is 38.2 Å². The quantitative estimate of drug-likeness (QED) is 0.412. The molecule has 1 heterocycles. The van der Waals surface area contributed by atoms with Gasteiger partial charge in [-0.2, -0.15) is 0 Å². The van der Waals surface area contributed by atoms with Crippen molar-refractivity contribution in [1.82, 2.24) is 4.98 Å². The zero-order chi connectivity index (χ0) is 12.3. The molecule has 3 nitrogen and oxygen atoms in total. The first kappa shape index (κ1) is 13.4. The summed E-state index contributed by atoms with van der Waals surface area (Å²) in [6.07, 6.45) is 11.0. The summed E-state index contributed by atoms with van der Waals surface area (Å²) >= 11 is 0. The number of esters is 1. The molecule has 0 aliphatic rings. The molecule has 0 saturated carbocycles. The highest BCUT2D eigenvalue weighted by molar-refractivity contribution is 5.86. The van der Waals surface area contributed by atoms with Crippen LogP contribution >= 0.6 is 0 Å². The number of unbranched alkanes of at least 4 members (excludes halogenated alkanes) is 3. The van der Waals surface area contributed by atoms with Gasteiger partial charge in [-0.3, -0.25) is 4.98 Å². The van der Waals surface area contributed by atoms with E-state index < -0.39 is 0 Å². The number of rotatable bonds is 7. The summed E-state index contributed by atoms with van der Waals surface area (Å²) < 4.78 is 5.07. The number of nitrogens with zero attached hydrogens (tertiary/aromatic N) is 1. The maximum absolute atomic E-state index is 11.3. The minimum absolute atomic E-state index is 0.279. The lowest BCUT2D eigenvalue weighted by atomic mass is 10.2. The molecule has 0 aliphatic carbocycles. The molecule has 1 aromatic rings. The van der Waals surface area contributed by atoms with Crippen LogP contribution in [0.2, 0.25) is 0 Å². The molecule has 1 aromatic heterocycles. The van der Waals surface area contributed by atoms with Crippen LogP contribution in [-0.4, -0.2) is 17.6 Å². The maximum Gasteiger partial charge on any atom is 0.330 e. The van der Waals surface area contributed by atoms with Crippen LogP contribution in [0, 0.1) is 0 Å². The van der Waals surface area contributed by atoms with Gasteiger partial charge in [0, 0.05) is 18.5 Å². The lowest BCUT2D eigenvalue weighted by Crippen LogP contribution is -2.02. The van der Waals surface area contributed by atoms with Crippen molar-refractivity contribution in [3.63, 3.8) is 0 Å². The van der Waals surface area contributed by atoms with E-state index >= 15 is 0 Å². The van der Waals surface area contributed by atoms with Crippen LogP contribution in [0.5, 0.6) is 0 Å². The molecule has 0 amide bonds. The van der Waals surface area contributed by atoms with Gasteiger partial charge in [-0.05, 0) is 30.2 Å². The average Bonchev–Trinajstić information content (AvgIpc) is 2.37. The first-order valence-electron chi connectivity index (χ1n) is 6.08. The van der Waals surface area contributed by atoms with Crippen molar-refractivity contribution in [3.8, 4) is 0 Å². The largest absolute Gasteiger partial charge is 0.463 e. The average molecular weight is 233 g/mol. The number of hydrogen-bond acceptors (Lipinski definition) is 3. The van der Waals surface area contributed by atoms with Gasteiger partial charge >= 0.3 is 5.97 Å². The molecule has 0 bridgehead atoms. The van der Waals surface area contributed by atoms with Gasteiger partial charge in [-0.15, -0.1) is 0 Å². The zero-order valence-electron chi connectivity index (χ0n) is 10.3. The molecule has 0 fully saturated rings. The van der Waals surface area contributed by atoms with Gasteiger partial charge in [0.2, 0.25) is 0 Å². The van der Waals surface area contributed by atoms with Crippen molar-refractivity contribution in [1.29, 1.82) is 0 Å². The van der Waals surface area contributed by atoms with E-state index in [0.29, 0.717) is 6.61 Å². The number of hydrogen-bond donors (Lipinski definition) is 0. The molecule has 0 atom stereocenters. The number of pyridine rings is 1. The molecule has 92 valence electrons. The molecule has 0 radical (unpaired) electrons. The second kappa shape index (κ2) is 8.50. The number of carbonyl (C=O) groups excluding carboxylic acids is 1. The highest BCUT2D eigenvalue weighted by Gasteiger charge is 1.96. The predicted molar refractivity (Wildman–Crippen MR) is 68.4 cm³/mol. The topological polar surface area (TPSA) is 39.2 Å². The Morgan fingerprint density at radius 2 is 2.06 bits per heavy atom. The lowest BCUT2D eigenvalue weighted by Gasteiger charge is -2.00. The summed E-state index contributed by atoms with van der Waals surface area (Å²) in [7, 11) is 0. The number of carbonyl (C=O) groups is 1. The summed E-state index contributed by atoms with van der Waals surface area (Å²) in [5.41, 5.74) is 0.947. The number of aromatic nitrogens is 1. The van der Waals surface area contributed by atoms with Crippen LogP contribution in [0.25, 0.3) is 6.08 Å². The maximum atomic E-state index is 11.3. The Balaban J connectivity index is 2.19. The second-order valence-electron chi connectivity index (χ2n) is 3.84. The van der Waals surface area contributed by atoms with Crippen molar-refractivity contribution < 1.29 is 9.53 Å². The van der Waals surface area contributed by atoms with Crippen LogP contribution in [0.3, 0.4) is 0 Å². The summed E-state index contributed by atoms with van der Waals surface area (Å²) in [6, 6.07) is 3.68. The predicted octanol–water partition coefficient (Wildman–Crippen LogP) is 3.22. The van der Waals surface area contributed by atoms with Gasteiger partial charge < -0.3 is 4.74 Å². The molecule has 3 heteroatoms.